The van der Waals surface area contributed by atoms with E-state index in [4.69, 9.17) is 0 Å². The van der Waals surface area contributed by atoms with Crippen molar-refractivity contribution in [3.63, 3.8) is 0 Å². The van der Waals surface area contributed by atoms with E-state index in [1.165, 1.54) is 25.2 Å². The Morgan fingerprint density at radius 2 is 1.67 bits per heavy atom. The number of halogens is 3. The summed E-state index contributed by atoms with van der Waals surface area (Å²) >= 11 is 0. The van der Waals surface area contributed by atoms with Gasteiger partial charge in [-0.3, -0.25) is 4.98 Å². The Labute approximate surface area is 154 Å². The molecule has 9 heteroatoms. The van der Waals surface area contributed by atoms with Gasteiger partial charge in [-0.05, 0) is 56.4 Å². The first-order chi connectivity index (χ1) is 12.6. The van der Waals surface area contributed by atoms with Crippen LogP contribution in [0, 0.1) is 6.92 Å². The van der Waals surface area contributed by atoms with Crippen molar-refractivity contribution in [2.45, 2.75) is 18.0 Å². The Morgan fingerprint density at radius 3 is 2.26 bits per heavy atom. The molecule has 0 aliphatic rings. The molecule has 0 atom stereocenters. The zero-order chi connectivity index (χ0) is 19.8. The van der Waals surface area contributed by atoms with Crippen LogP contribution >= 0.6 is 0 Å². The molecule has 0 spiro atoms. The molecule has 5 nitrogen and oxygen atoms in total. The third-order valence-corrected chi connectivity index (χ3v) is 5.41. The normalized spacial score (nSPS) is 12.3. The first-order valence-corrected chi connectivity index (χ1v) is 9.38. The highest BCUT2D eigenvalue weighted by atomic mass is 32.2. The average molecular weight is 395 g/mol. The molecule has 0 aliphatic carbocycles. The second kappa shape index (κ2) is 6.82. The summed E-state index contributed by atoms with van der Waals surface area (Å²) in [7, 11) is -2.22. The lowest BCUT2D eigenvalue weighted by atomic mass is 10.1. The number of pyridine rings is 1. The highest BCUT2D eigenvalue weighted by Gasteiger charge is 2.30. The SMILES string of the molecule is CNS(=O)(=O)c1ccc(Nc2cc(C)nc3cc(C(F)(F)F)ccc23)cc1. The van der Waals surface area contributed by atoms with Crippen molar-refractivity contribution >= 4 is 32.3 Å². The molecule has 0 saturated heterocycles. The maximum atomic E-state index is 12.9. The van der Waals surface area contributed by atoms with Gasteiger partial charge in [0.25, 0.3) is 0 Å². The number of aryl methyl sites for hydroxylation is 1. The number of fused-ring (bicyclic) bond motifs is 1. The monoisotopic (exact) mass is 395 g/mol. The predicted molar refractivity (Wildman–Crippen MR) is 97.5 cm³/mol. The largest absolute Gasteiger partial charge is 0.416 e. The number of benzene rings is 2. The first kappa shape index (κ1) is 19.1. The second-order valence-corrected chi connectivity index (χ2v) is 7.78. The number of alkyl halides is 3. The molecule has 27 heavy (non-hydrogen) atoms. The number of rotatable bonds is 4. The van der Waals surface area contributed by atoms with Crippen LogP contribution in [0.3, 0.4) is 0 Å². The third kappa shape index (κ3) is 4.04. The van der Waals surface area contributed by atoms with Crippen molar-refractivity contribution in [2.75, 3.05) is 12.4 Å². The predicted octanol–water partition coefficient (Wildman–Crippen LogP) is 4.21. The topological polar surface area (TPSA) is 71.1 Å². The number of aromatic nitrogens is 1. The molecular weight excluding hydrogens is 379 g/mol. The summed E-state index contributed by atoms with van der Waals surface area (Å²) < 4.78 is 64.6. The van der Waals surface area contributed by atoms with Crippen LogP contribution in [0.15, 0.2) is 53.4 Å². The van der Waals surface area contributed by atoms with Gasteiger partial charge >= 0.3 is 6.18 Å². The third-order valence-electron chi connectivity index (χ3n) is 3.98. The fourth-order valence-electron chi connectivity index (χ4n) is 2.63. The van der Waals surface area contributed by atoms with Crippen LogP contribution in [0.2, 0.25) is 0 Å². The highest BCUT2D eigenvalue weighted by molar-refractivity contribution is 7.89. The summed E-state index contributed by atoms with van der Waals surface area (Å²) in [5.74, 6) is 0. The van der Waals surface area contributed by atoms with Gasteiger partial charge in [0.15, 0.2) is 0 Å². The summed E-state index contributed by atoms with van der Waals surface area (Å²) in [4.78, 5) is 4.29. The van der Waals surface area contributed by atoms with Crippen LogP contribution in [0.4, 0.5) is 24.5 Å². The van der Waals surface area contributed by atoms with Crippen molar-refractivity contribution in [3.05, 3.63) is 59.8 Å². The van der Waals surface area contributed by atoms with Crippen LogP contribution in [0.5, 0.6) is 0 Å². The van der Waals surface area contributed by atoms with Gasteiger partial charge in [-0.2, -0.15) is 13.2 Å². The van der Waals surface area contributed by atoms with Gasteiger partial charge in [-0.15, -0.1) is 0 Å². The Kier molecular flexibility index (Phi) is 4.83. The van der Waals surface area contributed by atoms with Crippen LogP contribution < -0.4 is 10.0 Å². The van der Waals surface area contributed by atoms with Crippen LogP contribution in [0.25, 0.3) is 10.9 Å². The molecule has 1 aromatic heterocycles. The smallest absolute Gasteiger partial charge is 0.355 e. The van der Waals surface area contributed by atoms with Crippen LogP contribution in [-0.2, 0) is 16.2 Å². The molecule has 3 rings (SSSR count). The Balaban J connectivity index is 2.00. The summed E-state index contributed by atoms with van der Waals surface area (Å²) in [6.45, 7) is 1.69. The second-order valence-electron chi connectivity index (χ2n) is 5.90. The fourth-order valence-corrected chi connectivity index (χ4v) is 3.36. The zero-order valence-corrected chi connectivity index (χ0v) is 15.2. The van der Waals surface area contributed by atoms with Gasteiger partial charge in [-0.25, -0.2) is 13.1 Å². The molecule has 0 amide bonds. The maximum Gasteiger partial charge on any atom is 0.416 e. The summed E-state index contributed by atoms with van der Waals surface area (Å²) in [5.41, 5.74) is 1.19. The molecule has 0 radical (unpaired) electrons. The van der Waals surface area contributed by atoms with Gasteiger partial charge in [0.1, 0.15) is 0 Å². The van der Waals surface area contributed by atoms with Crippen molar-refractivity contribution in [1.82, 2.24) is 9.71 Å². The first-order valence-electron chi connectivity index (χ1n) is 7.89. The lowest BCUT2D eigenvalue weighted by Crippen LogP contribution is -2.18. The molecule has 0 saturated carbocycles. The number of nitrogens with zero attached hydrogens (tertiary/aromatic N) is 1. The van der Waals surface area contributed by atoms with E-state index in [-0.39, 0.29) is 10.4 Å². The Hall–Kier alpha value is -2.65. The van der Waals surface area contributed by atoms with Crippen LogP contribution in [-0.4, -0.2) is 20.4 Å². The number of hydrogen-bond acceptors (Lipinski definition) is 4. The quantitative estimate of drug-likeness (QED) is 0.694. The van der Waals surface area contributed by atoms with E-state index in [0.717, 1.165) is 12.1 Å². The summed E-state index contributed by atoms with van der Waals surface area (Å²) in [6, 6.07) is 11.1. The lowest BCUT2D eigenvalue weighted by Gasteiger charge is -2.13. The minimum Gasteiger partial charge on any atom is -0.355 e. The number of nitrogens with one attached hydrogen (secondary N) is 2. The van der Waals surface area contributed by atoms with Crippen molar-refractivity contribution in [3.8, 4) is 0 Å². The molecule has 0 bridgehead atoms. The number of hydrogen-bond donors (Lipinski definition) is 2. The Bertz CT molecular complexity index is 1100. The van der Waals surface area contributed by atoms with Gasteiger partial charge in [0.05, 0.1) is 16.0 Å². The van der Waals surface area contributed by atoms with Gasteiger partial charge in [-0.1, -0.05) is 6.07 Å². The van der Waals surface area contributed by atoms with E-state index >= 15 is 0 Å². The average Bonchev–Trinajstić information content (AvgIpc) is 2.60. The molecule has 0 aliphatic heterocycles. The highest BCUT2D eigenvalue weighted by Crippen LogP contribution is 2.34. The molecule has 0 fully saturated rings. The van der Waals surface area contributed by atoms with Crippen LogP contribution in [0.1, 0.15) is 11.3 Å². The van der Waals surface area contributed by atoms with E-state index in [1.807, 2.05) is 0 Å². The molecule has 3 aromatic rings. The minimum absolute atomic E-state index is 0.112. The van der Waals surface area contributed by atoms with Gasteiger partial charge in [0.2, 0.25) is 10.0 Å². The van der Waals surface area contributed by atoms with Crippen molar-refractivity contribution in [2.24, 2.45) is 0 Å². The molecule has 142 valence electrons. The fraction of sp³-hybridized carbons (Fsp3) is 0.167. The standard InChI is InChI=1S/C18H16F3N3O2S/c1-11-9-16(15-8-3-12(18(19,20)21)10-17(15)23-11)24-13-4-6-14(7-5-13)27(25,26)22-2/h3-10,22H,1-2H3,(H,23,24). The van der Waals surface area contributed by atoms with E-state index in [2.05, 4.69) is 15.0 Å². The van der Waals surface area contributed by atoms with Gasteiger partial charge < -0.3 is 5.32 Å². The van der Waals surface area contributed by atoms with Crippen molar-refractivity contribution < 1.29 is 21.6 Å². The Morgan fingerprint density at radius 1 is 1.00 bits per heavy atom. The van der Waals surface area contributed by atoms with E-state index in [1.54, 1.807) is 25.1 Å². The molecule has 2 N–H and O–H groups in total. The zero-order valence-electron chi connectivity index (χ0n) is 14.4. The maximum absolute atomic E-state index is 12.9. The molecule has 1 heterocycles. The van der Waals surface area contributed by atoms with E-state index in [9.17, 15) is 21.6 Å². The summed E-state index contributed by atoms with van der Waals surface area (Å²) in [5, 5.41) is 3.63. The summed E-state index contributed by atoms with van der Waals surface area (Å²) in [6.07, 6.45) is -4.44. The van der Waals surface area contributed by atoms with Gasteiger partial charge in [0, 0.05) is 22.5 Å². The molecule has 2 aromatic carbocycles. The van der Waals surface area contributed by atoms with Crippen molar-refractivity contribution in [1.29, 1.82) is 0 Å². The molecule has 0 unspecified atom stereocenters. The minimum atomic E-state index is -4.44. The van der Waals surface area contributed by atoms with E-state index in [0.29, 0.717) is 22.5 Å². The van der Waals surface area contributed by atoms with E-state index < -0.39 is 21.8 Å². The number of sulfonamides is 1. The number of anilines is 2. The lowest BCUT2D eigenvalue weighted by molar-refractivity contribution is -0.137. The molecular formula is C18H16F3N3O2S.